The summed E-state index contributed by atoms with van der Waals surface area (Å²) in [5.74, 6) is 0.463. The zero-order valence-electron chi connectivity index (χ0n) is 11.1. The van der Waals surface area contributed by atoms with Crippen molar-refractivity contribution < 1.29 is 9.13 Å². The van der Waals surface area contributed by atoms with E-state index >= 15 is 0 Å². The van der Waals surface area contributed by atoms with Crippen LogP contribution in [0, 0.1) is 12.7 Å². The Morgan fingerprint density at radius 1 is 1.30 bits per heavy atom. The number of rotatable bonds is 4. The monoisotopic (exact) mass is 357 g/mol. The Kier molecular flexibility index (Phi) is 4.89. The predicted molar refractivity (Wildman–Crippen MR) is 84.2 cm³/mol. The lowest BCUT2D eigenvalue weighted by molar-refractivity contribution is 0.414. The summed E-state index contributed by atoms with van der Waals surface area (Å²) in [5.41, 5.74) is 2.25. The van der Waals surface area contributed by atoms with Gasteiger partial charge in [-0.15, -0.1) is 0 Å². The van der Waals surface area contributed by atoms with Crippen molar-refractivity contribution in [1.82, 2.24) is 0 Å². The van der Waals surface area contributed by atoms with Crippen LogP contribution in [-0.2, 0) is 6.54 Å². The van der Waals surface area contributed by atoms with Crippen LogP contribution in [0.3, 0.4) is 0 Å². The third kappa shape index (κ3) is 3.44. The SMILES string of the molecule is COc1c(Br)cc(Cl)cc1NCc1ccc(C)c(F)c1. The molecule has 0 fully saturated rings. The minimum atomic E-state index is -0.205. The highest BCUT2D eigenvalue weighted by molar-refractivity contribution is 9.10. The van der Waals surface area contributed by atoms with Gasteiger partial charge in [0, 0.05) is 11.6 Å². The van der Waals surface area contributed by atoms with Gasteiger partial charge in [0.15, 0.2) is 5.75 Å². The number of methoxy groups -OCH3 is 1. The second kappa shape index (κ2) is 6.46. The second-order valence-electron chi connectivity index (χ2n) is 4.41. The van der Waals surface area contributed by atoms with E-state index in [2.05, 4.69) is 21.2 Å². The topological polar surface area (TPSA) is 21.3 Å². The highest BCUT2D eigenvalue weighted by Gasteiger charge is 2.09. The molecule has 0 unspecified atom stereocenters. The predicted octanol–water partition coefficient (Wildman–Crippen LogP) is 5.17. The van der Waals surface area contributed by atoms with Crippen LogP contribution >= 0.6 is 27.5 Å². The quantitative estimate of drug-likeness (QED) is 0.814. The molecule has 1 N–H and O–H groups in total. The van der Waals surface area contributed by atoms with Crippen molar-refractivity contribution >= 4 is 33.2 Å². The molecule has 0 atom stereocenters. The van der Waals surface area contributed by atoms with E-state index in [-0.39, 0.29) is 5.82 Å². The van der Waals surface area contributed by atoms with Gasteiger partial charge in [-0.1, -0.05) is 23.7 Å². The number of anilines is 1. The molecule has 2 aromatic carbocycles. The zero-order valence-corrected chi connectivity index (χ0v) is 13.5. The smallest absolute Gasteiger partial charge is 0.156 e. The van der Waals surface area contributed by atoms with Gasteiger partial charge in [0.2, 0.25) is 0 Å². The summed E-state index contributed by atoms with van der Waals surface area (Å²) in [7, 11) is 1.59. The largest absolute Gasteiger partial charge is 0.493 e. The lowest BCUT2D eigenvalue weighted by atomic mass is 10.1. The molecular weight excluding hydrogens is 345 g/mol. The van der Waals surface area contributed by atoms with Crippen molar-refractivity contribution in [3.8, 4) is 5.75 Å². The molecule has 0 aliphatic heterocycles. The molecule has 0 saturated carbocycles. The fraction of sp³-hybridized carbons (Fsp3) is 0.200. The molecule has 5 heteroatoms. The Morgan fingerprint density at radius 3 is 2.70 bits per heavy atom. The summed E-state index contributed by atoms with van der Waals surface area (Å²) in [6, 6.07) is 8.70. The molecule has 0 aromatic heterocycles. The molecule has 2 aromatic rings. The van der Waals surface area contributed by atoms with E-state index in [1.165, 1.54) is 6.07 Å². The minimum Gasteiger partial charge on any atom is -0.493 e. The summed E-state index contributed by atoms with van der Waals surface area (Å²) in [6.07, 6.45) is 0. The number of ether oxygens (including phenoxy) is 1. The van der Waals surface area contributed by atoms with Crippen LogP contribution in [0.4, 0.5) is 10.1 Å². The number of hydrogen-bond acceptors (Lipinski definition) is 2. The van der Waals surface area contributed by atoms with Crippen LogP contribution in [0.5, 0.6) is 5.75 Å². The summed E-state index contributed by atoms with van der Waals surface area (Å²) in [5, 5.41) is 3.80. The van der Waals surface area contributed by atoms with Crippen molar-refractivity contribution in [3.63, 3.8) is 0 Å². The zero-order chi connectivity index (χ0) is 14.7. The van der Waals surface area contributed by atoms with Crippen LogP contribution in [0.2, 0.25) is 5.02 Å². The molecule has 0 spiro atoms. The fourth-order valence-electron chi connectivity index (χ4n) is 1.84. The number of aryl methyl sites for hydroxylation is 1. The Bertz CT molecular complexity index is 634. The van der Waals surface area contributed by atoms with E-state index in [1.54, 1.807) is 32.2 Å². The maximum atomic E-state index is 13.5. The molecule has 0 aliphatic rings. The van der Waals surface area contributed by atoms with Crippen molar-refractivity contribution in [2.75, 3.05) is 12.4 Å². The number of benzene rings is 2. The van der Waals surface area contributed by atoms with E-state index in [1.807, 2.05) is 6.07 Å². The number of hydrogen-bond donors (Lipinski definition) is 1. The lowest BCUT2D eigenvalue weighted by Gasteiger charge is -2.13. The first-order valence-corrected chi connectivity index (χ1v) is 7.20. The van der Waals surface area contributed by atoms with Gasteiger partial charge in [-0.3, -0.25) is 0 Å². The average molecular weight is 359 g/mol. The summed E-state index contributed by atoms with van der Waals surface area (Å²) >= 11 is 9.42. The van der Waals surface area contributed by atoms with Crippen molar-refractivity contribution in [2.24, 2.45) is 0 Å². The number of nitrogens with one attached hydrogen (secondary N) is 1. The van der Waals surface area contributed by atoms with Gasteiger partial charge in [0.25, 0.3) is 0 Å². The van der Waals surface area contributed by atoms with Crippen LogP contribution in [0.15, 0.2) is 34.8 Å². The summed E-state index contributed by atoms with van der Waals surface area (Å²) < 4.78 is 19.6. The minimum absolute atomic E-state index is 0.205. The Labute approximate surface area is 131 Å². The van der Waals surface area contributed by atoms with Crippen LogP contribution < -0.4 is 10.1 Å². The lowest BCUT2D eigenvalue weighted by Crippen LogP contribution is -2.02. The summed E-state index contributed by atoms with van der Waals surface area (Å²) in [6.45, 7) is 2.23. The highest BCUT2D eigenvalue weighted by atomic mass is 79.9. The van der Waals surface area contributed by atoms with Gasteiger partial charge in [-0.05, 0) is 52.2 Å². The first-order valence-electron chi connectivity index (χ1n) is 6.03. The summed E-state index contributed by atoms with van der Waals surface area (Å²) in [4.78, 5) is 0. The Hall–Kier alpha value is -1.26. The van der Waals surface area contributed by atoms with E-state index in [9.17, 15) is 4.39 Å². The molecule has 106 valence electrons. The molecule has 2 nitrogen and oxygen atoms in total. The van der Waals surface area contributed by atoms with Gasteiger partial charge in [0.1, 0.15) is 5.82 Å². The normalized spacial score (nSPS) is 10.4. The van der Waals surface area contributed by atoms with Gasteiger partial charge in [0.05, 0.1) is 17.3 Å². The molecule has 0 aliphatic carbocycles. The van der Waals surface area contributed by atoms with E-state index < -0.39 is 0 Å². The van der Waals surface area contributed by atoms with E-state index in [0.29, 0.717) is 22.9 Å². The average Bonchev–Trinajstić information content (AvgIpc) is 2.39. The Morgan fingerprint density at radius 2 is 2.05 bits per heavy atom. The van der Waals surface area contributed by atoms with Crippen LogP contribution in [-0.4, -0.2) is 7.11 Å². The van der Waals surface area contributed by atoms with Gasteiger partial charge in [-0.2, -0.15) is 0 Å². The van der Waals surface area contributed by atoms with Gasteiger partial charge in [-0.25, -0.2) is 4.39 Å². The first-order chi connectivity index (χ1) is 9.51. The molecule has 0 amide bonds. The van der Waals surface area contributed by atoms with Gasteiger partial charge >= 0.3 is 0 Å². The maximum Gasteiger partial charge on any atom is 0.156 e. The van der Waals surface area contributed by atoms with E-state index in [4.69, 9.17) is 16.3 Å². The fourth-order valence-corrected chi connectivity index (χ4v) is 2.81. The van der Waals surface area contributed by atoms with Crippen molar-refractivity contribution in [3.05, 3.63) is 56.8 Å². The molecule has 0 heterocycles. The second-order valence-corrected chi connectivity index (χ2v) is 5.70. The first kappa shape index (κ1) is 15.1. The molecular formula is C15H14BrClFNO. The Balaban J connectivity index is 2.20. The third-order valence-corrected chi connectivity index (χ3v) is 3.74. The van der Waals surface area contributed by atoms with Crippen LogP contribution in [0.1, 0.15) is 11.1 Å². The molecule has 20 heavy (non-hydrogen) atoms. The standard InChI is InChI=1S/C15H14BrClFNO/c1-9-3-4-10(5-13(9)18)8-19-14-7-11(17)6-12(16)15(14)20-2/h3-7,19H,8H2,1-2H3. The van der Waals surface area contributed by atoms with Gasteiger partial charge < -0.3 is 10.1 Å². The van der Waals surface area contributed by atoms with Crippen molar-refractivity contribution in [1.29, 1.82) is 0 Å². The van der Waals surface area contributed by atoms with Crippen molar-refractivity contribution in [2.45, 2.75) is 13.5 Å². The number of halogens is 3. The maximum absolute atomic E-state index is 13.5. The molecule has 2 rings (SSSR count). The molecule has 0 saturated heterocycles. The molecule has 0 bridgehead atoms. The molecule has 0 radical (unpaired) electrons. The highest BCUT2D eigenvalue weighted by Crippen LogP contribution is 2.36. The van der Waals surface area contributed by atoms with Crippen LogP contribution in [0.25, 0.3) is 0 Å². The third-order valence-electron chi connectivity index (χ3n) is 2.93. The van der Waals surface area contributed by atoms with E-state index in [0.717, 1.165) is 15.7 Å².